The smallest absolute Gasteiger partial charge is 0.296 e. The quantitative estimate of drug-likeness (QED) is 0.572. The van der Waals surface area contributed by atoms with Crippen molar-refractivity contribution in [2.24, 2.45) is 0 Å². The first-order chi connectivity index (χ1) is 9.81. The highest BCUT2D eigenvalue weighted by atomic mass is 35.5. The van der Waals surface area contributed by atoms with Crippen LogP contribution in [-0.2, 0) is 14.6 Å². The van der Waals surface area contributed by atoms with Gasteiger partial charge in [0.2, 0.25) is 0 Å². The zero-order valence-corrected chi connectivity index (χ0v) is 14.1. The zero-order valence-electron chi connectivity index (χ0n) is 11.8. The Morgan fingerprint density at radius 3 is 2.33 bits per heavy atom. The van der Waals surface area contributed by atoms with Crippen molar-refractivity contribution in [3.05, 3.63) is 30.3 Å². The Morgan fingerprint density at radius 1 is 1.14 bits per heavy atom. The lowest BCUT2D eigenvalue weighted by atomic mass is 10.2. The first-order valence-corrected chi connectivity index (χ1v) is 9.18. The summed E-state index contributed by atoms with van der Waals surface area (Å²) in [6.07, 6.45) is 3.13. The monoisotopic (exact) mass is 351 g/mol. The van der Waals surface area contributed by atoms with Gasteiger partial charge in [-0.15, -0.1) is 0 Å². The molecule has 0 aromatic heterocycles. The molecular formula is C14H19Cl2NO3S. The third-order valence-corrected chi connectivity index (χ3v) is 6.50. The van der Waals surface area contributed by atoms with Gasteiger partial charge in [0.1, 0.15) is 0 Å². The van der Waals surface area contributed by atoms with Gasteiger partial charge in [-0.3, -0.25) is 4.79 Å². The van der Waals surface area contributed by atoms with Gasteiger partial charge in [-0.25, -0.2) is 8.42 Å². The summed E-state index contributed by atoms with van der Waals surface area (Å²) in [5.74, 6) is -1.16. The Labute approximate surface area is 135 Å². The van der Waals surface area contributed by atoms with E-state index >= 15 is 0 Å². The Hall–Kier alpha value is -0.780. The fourth-order valence-corrected chi connectivity index (χ4v) is 3.45. The molecule has 0 saturated carbocycles. The van der Waals surface area contributed by atoms with Crippen LogP contribution in [0.25, 0.3) is 0 Å². The Bertz CT molecular complexity index is 559. The van der Waals surface area contributed by atoms with Crippen LogP contribution in [0.3, 0.4) is 0 Å². The zero-order chi connectivity index (χ0) is 15.9. The number of alkyl halides is 2. The maximum Gasteiger partial charge on any atom is 0.296 e. The number of rotatable bonds is 8. The number of hydrogen-bond acceptors (Lipinski definition) is 3. The van der Waals surface area contributed by atoms with Crippen LogP contribution in [0.1, 0.15) is 32.6 Å². The molecule has 1 N–H and O–H groups in total. The third kappa shape index (κ3) is 5.16. The highest BCUT2D eigenvalue weighted by Gasteiger charge is 2.47. The number of para-hydroxylation sites is 1. The van der Waals surface area contributed by atoms with Crippen molar-refractivity contribution < 1.29 is 13.2 Å². The van der Waals surface area contributed by atoms with Crippen molar-refractivity contribution in [3.63, 3.8) is 0 Å². The fourth-order valence-electron chi connectivity index (χ4n) is 1.71. The van der Waals surface area contributed by atoms with Crippen LogP contribution in [0, 0.1) is 0 Å². The number of halogens is 2. The van der Waals surface area contributed by atoms with Crippen LogP contribution in [0.5, 0.6) is 0 Å². The van der Waals surface area contributed by atoms with Crippen LogP contribution in [0.2, 0.25) is 0 Å². The summed E-state index contributed by atoms with van der Waals surface area (Å²) < 4.78 is 21.8. The van der Waals surface area contributed by atoms with Crippen LogP contribution in [0.4, 0.5) is 5.69 Å². The van der Waals surface area contributed by atoms with E-state index in [4.69, 9.17) is 23.2 Å². The number of nitrogens with one attached hydrogen (secondary N) is 1. The number of unbranched alkanes of at least 4 members (excludes halogenated alkanes) is 3. The lowest BCUT2D eigenvalue weighted by molar-refractivity contribution is -0.115. The number of carbonyl (C=O) groups is 1. The number of amides is 1. The number of sulfone groups is 1. The topological polar surface area (TPSA) is 63.2 Å². The average molecular weight is 352 g/mol. The molecule has 0 unspecified atom stereocenters. The van der Waals surface area contributed by atoms with Crippen LogP contribution in [0.15, 0.2) is 30.3 Å². The van der Waals surface area contributed by atoms with Crippen LogP contribution in [-0.4, -0.2) is 23.7 Å². The van der Waals surface area contributed by atoms with E-state index in [2.05, 4.69) is 5.32 Å². The minimum absolute atomic E-state index is 0.206. The minimum atomic E-state index is -3.94. The SMILES string of the molecule is CCCCCCS(=O)(=O)C(Cl)(Cl)C(=O)Nc1ccccc1. The second-order valence-corrected chi connectivity index (χ2v) is 8.74. The van der Waals surface area contributed by atoms with Crippen molar-refractivity contribution in [1.29, 1.82) is 0 Å². The van der Waals surface area contributed by atoms with Gasteiger partial charge < -0.3 is 5.32 Å². The molecule has 1 aromatic carbocycles. The van der Waals surface area contributed by atoms with Crippen LogP contribution >= 0.6 is 23.2 Å². The molecule has 0 fully saturated rings. The van der Waals surface area contributed by atoms with E-state index in [-0.39, 0.29) is 5.75 Å². The maximum atomic E-state index is 12.1. The normalized spacial score (nSPS) is 12.1. The highest BCUT2D eigenvalue weighted by Crippen LogP contribution is 2.31. The van der Waals surface area contributed by atoms with E-state index in [1.165, 1.54) is 0 Å². The molecule has 0 spiro atoms. The van der Waals surface area contributed by atoms with Crippen molar-refractivity contribution in [2.45, 2.75) is 36.3 Å². The first kappa shape index (κ1) is 18.3. The molecule has 1 rings (SSSR count). The van der Waals surface area contributed by atoms with Gasteiger partial charge in [0.05, 0.1) is 5.75 Å². The number of carbonyl (C=O) groups excluding carboxylic acids is 1. The minimum Gasteiger partial charge on any atom is -0.323 e. The van der Waals surface area contributed by atoms with E-state index in [0.29, 0.717) is 12.1 Å². The second-order valence-electron chi connectivity index (χ2n) is 4.72. The molecule has 1 amide bonds. The summed E-state index contributed by atoms with van der Waals surface area (Å²) >= 11 is 11.6. The van der Waals surface area contributed by atoms with Gasteiger partial charge in [0, 0.05) is 5.69 Å². The first-order valence-electron chi connectivity index (χ1n) is 6.78. The predicted molar refractivity (Wildman–Crippen MR) is 87.4 cm³/mol. The molecule has 21 heavy (non-hydrogen) atoms. The standard InChI is InChI=1S/C14H19Cl2NO3S/c1-2-3-4-8-11-21(19,20)14(15,16)13(18)17-12-9-6-5-7-10-12/h5-7,9-10H,2-4,8,11H2,1H3,(H,17,18). The predicted octanol–water partition coefficient (Wildman–Crippen LogP) is 3.75. The molecule has 0 heterocycles. The van der Waals surface area contributed by atoms with Gasteiger partial charge in [-0.05, 0) is 18.6 Å². The Balaban J connectivity index is 2.71. The average Bonchev–Trinajstić information content (AvgIpc) is 2.44. The molecule has 0 radical (unpaired) electrons. The lowest BCUT2D eigenvalue weighted by Gasteiger charge is -2.19. The summed E-state index contributed by atoms with van der Waals surface area (Å²) in [6.45, 7) is 2.02. The molecule has 0 aliphatic carbocycles. The molecule has 0 bridgehead atoms. The molecule has 1 aromatic rings. The second kappa shape index (κ2) is 8.01. The summed E-state index contributed by atoms with van der Waals surface area (Å²) in [5.41, 5.74) is 0.439. The largest absolute Gasteiger partial charge is 0.323 e. The summed E-state index contributed by atoms with van der Waals surface area (Å²) in [5, 5.41) is 2.41. The molecule has 0 aliphatic rings. The van der Waals surface area contributed by atoms with Gasteiger partial charge in [0.25, 0.3) is 9.57 Å². The number of anilines is 1. The van der Waals surface area contributed by atoms with Gasteiger partial charge in [0.15, 0.2) is 9.84 Å². The highest BCUT2D eigenvalue weighted by molar-refractivity contribution is 7.96. The molecule has 118 valence electrons. The molecule has 7 heteroatoms. The molecule has 4 nitrogen and oxygen atoms in total. The van der Waals surface area contributed by atoms with Crippen LogP contribution < -0.4 is 5.32 Å². The summed E-state index contributed by atoms with van der Waals surface area (Å²) in [6, 6.07) is 8.43. The molecular weight excluding hydrogens is 333 g/mol. The molecule has 0 saturated heterocycles. The van der Waals surface area contributed by atoms with E-state index < -0.39 is 19.4 Å². The Kier molecular flexibility index (Phi) is 6.97. The van der Waals surface area contributed by atoms with E-state index in [0.717, 1.165) is 19.3 Å². The van der Waals surface area contributed by atoms with Crippen molar-refractivity contribution in [2.75, 3.05) is 11.1 Å². The van der Waals surface area contributed by atoms with E-state index in [1.807, 2.05) is 6.92 Å². The molecule has 0 atom stereocenters. The van der Waals surface area contributed by atoms with Crippen molar-refractivity contribution in [3.8, 4) is 0 Å². The van der Waals surface area contributed by atoms with Gasteiger partial charge in [-0.2, -0.15) is 0 Å². The molecule has 0 aliphatic heterocycles. The Morgan fingerprint density at radius 2 is 1.76 bits per heavy atom. The number of hydrogen-bond donors (Lipinski definition) is 1. The third-order valence-electron chi connectivity index (χ3n) is 2.95. The van der Waals surface area contributed by atoms with E-state index in [9.17, 15) is 13.2 Å². The van der Waals surface area contributed by atoms with Crippen molar-refractivity contribution in [1.82, 2.24) is 0 Å². The lowest BCUT2D eigenvalue weighted by Crippen LogP contribution is -2.41. The number of benzene rings is 1. The fraction of sp³-hybridized carbons (Fsp3) is 0.500. The van der Waals surface area contributed by atoms with E-state index in [1.54, 1.807) is 30.3 Å². The van der Waals surface area contributed by atoms with Gasteiger partial charge in [-0.1, -0.05) is 67.6 Å². The summed E-state index contributed by atoms with van der Waals surface area (Å²) in [4.78, 5) is 12.0. The maximum absolute atomic E-state index is 12.1. The van der Waals surface area contributed by atoms with Gasteiger partial charge >= 0.3 is 0 Å². The summed E-state index contributed by atoms with van der Waals surface area (Å²) in [7, 11) is -3.94. The van der Waals surface area contributed by atoms with Crippen molar-refractivity contribution >= 4 is 44.6 Å².